The largest absolute Gasteiger partial charge is 0.496 e. The van der Waals surface area contributed by atoms with Crippen molar-refractivity contribution in [2.45, 2.75) is 6.92 Å². The lowest BCUT2D eigenvalue weighted by Crippen LogP contribution is -1.98. The van der Waals surface area contributed by atoms with E-state index < -0.39 is 5.97 Å². The second-order valence-corrected chi connectivity index (χ2v) is 6.16. The van der Waals surface area contributed by atoms with Gasteiger partial charge in [-0.3, -0.25) is 0 Å². The van der Waals surface area contributed by atoms with Crippen LogP contribution in [-0.2, 0) is 9.53 Å². The zero-order chi connectivity index (χ0) is 21.7. The predicted octanol–water partition coefficient (Wildman–Crippen LogP) is 3.84. The molecule has 0 spiro atoms. The summed E-state index contributed by atoms with van der Waals surface area (Å²) in [6, 6.07) is 7.29. The summed E-state index contributed by atoms with van der Waals surface area (Å²) in [5, 5.41) is 0. The highest BCUT2D eigenvalue weighted by molar-refractivity contribution is 5.90. The second kappa shape index (κ2) is 9.21. The smallest absolute Gasteiger partial charge is 0.330 e. The number of aromatic nitrogens is 2. The van der Waals surface area contributed by atoms with Gasteiger partial charge in [0, 0.05) is 17.7 Å². The van der Waals surface area contributed by atoms with E-state index in [0.29, 0.717) is 52.1 Å². The maximum Gasteiger partial charge on any atom is 0.330 e. The number of hydrogen-bond donors (Lipinski definition) is 1. The Hall–Kier alpha value is -3.68. The highest BCUT2D eigenvalue weighted by Gasteiger charge is 2.19. The van der Waals surface area contributed by atoms with Gasteiger partial charge in [-0.15, -0.1) is 0 Å². The molecule has 3 rings (SSSR count). The molecule has 0 bridgehead atoms. The van der Waals surface area contributed by atoms with Gasteiger partial charge >= 0.3 is 5.97 Å². The van der Waals surface area contributed by atoms with Crippen molar-refractivity contribution >= 4 is 23.1 Å². The van der Waals surface area contributed by atoms with Crippen molar-refractivity contribution in [3.8, 4) is 34.4 Å². The van der Waals surface area contributed by atoms with Crippen molar-refractivity contribution in [1.29, 1.82) is 0 Å². The molecule has 30 heavy (non-hydrogen) atoms. The van der Waals surface area contributed by atoms with E-state index in [9.17, 15) is 4.79 Å². The van der Waals surface area contributed by atoms with Gasteiger partial charge in [0.05, 0.1) is 51.6 Å². The van der Waals surface area contributed by atoms with E-state index in [1.807, 2.05) is 12.1 Å². The third-order valence-corrected chi connectivity index (χ3v) is 4.48. The van der Waals surface area contributed by atoms with Crippen molar-refractivity contribution in [2.24, 2.45) is 0 Å². The minimum Gasteiger partial charge on any atom is -0.496 e. The summed E-state index contributed by atoms with van der Waals surface area (Å²) in [7, 11) is 6.24. The molecular weight excluding hydrogens is 388 g/mol. The topological polar surface area (TPSA) is 91.9 Å². The predicted molar refractivity (Wildman–Crippen MR) is 113 cm³/mol. The number of nitrogens with zero attached hydrogens (tertiary/aromatic N) is 1. The molecule has 0 aliphatic carbocycles. The Balaban J connectivity index is 2.09. The number of rotatable bonds is 8. The van der Waals surface area contributed by atoms with Gasteiger partial charge in [0.15, 0.2) is 11.5 Å². The molecule has 3 aromatic rings. The first-order chi connectivity index (χ1) is 14.6. The average Bonchev–Trinajstić information content (AvgIpc) is 3.18. The lowest BCUT2D eigenvalue weighted by atomic mass is 10.1. The van der Waals surface area contributed by atoms with Crippen molar-refractivity contribution in [1.82, 2.24) is 9.97 Å². The van der Waals surface area contributed by atoms with Gasteiger partial charge in [-0.2, -0.15) is 0 Å². The summed E-state index contributed by atoms with van der Waals surface area (Å²) in [6.45, 7) is 2.07. The van der Waals surface area contributed by atoms with Crippen LogP contribution in [0.3, 0.4) is 0 Å². The van der Waals surface area contributed by atoms with Crippen molar-refractivity contribution < 1.29 is 28.5 Å². The summed E-state index contributed by atoms with van der Waals surface area (Å²) in [5.74, 6) is 2.30. The van der Waals surface area contributed by atoms with E-state index in [0.717, 1.165) is 5.52 Å². The fraction of sp³-hybridized carbons (Fsp3) is 0.273. The van der Waals surface area contributed by atoms with Crippen molar-refractivity contribution in [2.75, 3.05) is 35.0 Å². The highest BCUT2D eigenvalue weighted by atomic mass is 16.5. The molecule has 2 aromatic carbocycles. The number of aromatic amines is 1. The van der Waals surface area contributed by atoms with Gasteiger partial charge in [0.2, 0.25) is 5.75 Å². The maximum absolute atomic E-state index is 11.6. The Morgan fingerprint density at radius 1 is 1.00 bits per heavy atom. The number of fused-ring (bicyclic) bond motifs is 1. The summed E-state index contributed by atoms with van der Waals surface area (Å²) in [6.07, 6.45) is 3.01. The lowest BCUT2D eigenvalue weighted by molar-refractivity contribution is -0.137. The van der Waals surface area contributed by atoms with E-state index in [2.05, 4.69) is 9.97 Å². The summed E-state index contributed by atoms with van der Waals surface area (Å²) < 4.78 is 26.7. The molecule has 1 aromatic heterocycles. The zero-order valence-electron chi connectivity index (χ0n) is 17.6. The average molecular weight is 412 g/mol. The number of nitrogens with one attached hydrogen (secondary N) is 1. The van der Waals surface area contributed by atoms with Gasteiger partial charge < -0.3 is 28.7 Å². The maximum atomic E-state index is 11.6. The fourth-order valence-corrected chi connectivity index (χ4v) is 3.12. The van der Waals surface area contributed by atoms with Crippen LogP contribution in [0.4, 0.5) is 0 Å². The molecule has 8 heteroatoms. The van der Waals surface area contributed by atoms with Crippen molar-refractivity contribution in [3.05, 3.63) is 35.9 Å². The Morgan fingerprint density at radius 2 is 1.73 bits per heavy atom. The first-order valence-electron chi connectivity index (χ1n) is 9.28. The quantitative estimate of drug-likeness (QED) is 0.444. The molecule has 0 amide bonds. The molecule has 1 heterocycles. The lowest BCUT2D eigenvalue weighted by Gasteiger charge is -2.14. The number of H-pyrrole nitrogens is 1. The van der Waals surface area contributed by atoms with Gasteiger partial charge in [-0.05, 0) is 31.2 Å². The molecule has 8 nitrogen and oxygen atoms in total. The Morgan fingerprint density at radius 3 is 2.37 bits per heavy atom. The number of carbonyl (C=O) groups excluding carboxylic acids is 1. The molecule has 0 radical (unpaired) electrons. The van der Waals surface area contributed by atoms with Crippen LogP contribution in [-0.4, -0.2) is 51.0 Å². The molecule has 0 unspecified atom stereocenters. The molecular formula is C22H24N2O6. The number of hydrogen-bond acceptors (Lipinski definition) is 7. The van der Waals surface area contributed by atoms with Gasteiger partial charge in [-0.25, -0.2) is 9.78 Å². The van der Waals surface area contributed by atoms with Crippen LogP contribution in [0.2, 0.25) is 0 Å². The number of imidazole rings is 1. The first-order valence-corrected chi connectivity index (χ1v) is 9.28. The molecule has 0 saturated heterocycles. The summed E-state index contributed by atoms with van der Waals surface area (Å²) in [4.78, 5) is 19.6. The first kappa shape index (κ1) is 21.0. The Labute approximate surface area is 174 Å². The monoisotopic (exact) mass is 412 g/mol. The molecule has 0 fully saturated rings. The van der Waals surface area contributed by atoms with E-state index >= 15 is 0 Å². The van der Waals surface area contributed by atoms with E-state index in [4.69, 9.17) is 23.7 Å². The third-order valence-electron chi connectivity index (χ3n) is 4.48. The minimum atomic E-state index is -0.417. The van der Waals surface area contributed by atoms with Crippen LogP contribution in [0.1, 0.15) is 12.5 Å². The van der Waals surface area contributed by atoms with Crippen molar-refractivity contribution in [3.63, 3.8) is 0 Å². The van der Waals surface area contributed by atoms with E-state index in [1.165, 1.54) is 6.08 Å². The SMILES string of the molecule is CCOC(=O)/C=C/c1cc2[nH]c(-c3ccc(OC)c(OC)c3OC)nc2cc1OC. The van der Waals surface area contributed by atoms with Crippen LogP contribution in [0.25, 0.3) is 28.5 Å². The molecule has 0 aliphatic rings. The standard InChI is InChI=1S/C22H24N2O6/c1-6-30-19(25)10-7-13-11-15-16(12-18(13)27-3)24-22(23-15)14-8-9-17(26-2)21(29-5)20(14)28-4/h7-12H,6H2,1-5H3,(H,23,24)/b10-7+. The van der Waals surface area contributed by atoms with Gasteiger partial charge in [0.1, 0.15) is 11.6 Å². The molecule has 158 valence electrons. The molecule has 1 N–H and O–H groups in total. The van der Waals surface area contributed by atoms with Crippen LogP contribution in [0, 0.1) is 0 Å². The third kappa shape index (κ3) is 4.03. The van der Waals surface area contributed by atoms with E-state index in [1.54, 1.807) is 53.6 Å². The Kier molecular flexibility index (Phi) is 6.46. The fourth-order valence-electron chi connectivity index (χ4n) is 3.12. The highest BCUT2D eigenvalue weighted by Crippen LogP contribution is 2.44. The molecule has 0 aliphatic heterocycles. The number of esters is 1. The minimum absolute atomic E-state index is 0.316. The zero-order valence-corrected chi connectivity index (χ0v) is 17.6. The van der Waals surface area contributed by atoms with Gasteiger partial charge in [-0.1, -0.05) is 0 Å². The number of benzene rings is 2. The van der Waals surface area contributed by atoms with E-state index in [-0.39, 0.29) is 0 Å². The Bertz CT molecular complexity index is 1090. The summed E-state index contributed by atoms with van der Waals surface area (Å²) in [5.41, 5.74) is 2.90. The van der Waals surface area contributed by atoms with Gasteiger partial charge in [0.25, 0.3) is 0 Å². The second-order valence-electron chi connectivity index (χ2n) is 6.16. The number of methoxy groups -OCH3 is 4. The molecule has 0 atom stereocenters. The normalized spacial score (nSPS) is 11.0. The van der Waals surface area contributed by atoms with Crippen LogP contribution < -0.4 is 18.9 Å². The van der Waals surface area contributed by atoms with Crippen LogP contribution >= 0.6 is 0 Å². The molecule has 0 saturated carbocycles. The van der Waals surface area contributed by atoms with Crippen LogP contribution in [0.5, 0.6) is 23.0 Å². The number of carbonyl (C=O) groups is 1. The summed E-state index contributed by atoms with van der Waals surface area (Å²) >= 11 is 0. The van der Waals surface area contributed by atoms with Crippen LogP contribution in [0.15, 0.2) is 30.3 Å². The number of ether oxygens (including phenoxy) is 5.